The van der Waals surface area contributed by atoms with Crippen LogP contribution in [0.25, 0.3) is 0 Å². The van der Waals surface area contributed by atoms with Gasteiger partial charge in [0.1, 0.15) is 5.75 Å². The largest absolute Gasteiger partial charge is 0.501 e. The van der Waals surface area contributed by atoms with Gasteiger partial charge in [-0.25, -0.2) is 12.8 Å². The smallest absolute Gasteiger partial charge is 0.496 e. The van der Waals surface area contributed by atoms with Gasteiger partial charge in [-0.05, 0) is 74.1 Å². The number of ether oxygens (including phenoxy) is 2. The van der Waals surface area contributed by atoms with Crippen molar-refractivity contribution in [3.05, 3.63) is 47.8 Å². The Labute approximate surface area is 247 Å². The minimum atomic E-state index is -5.60. The minimum absolute atomic E-state index is 0.00635. The molecule has 3 aliphatic carbocycles. The fourth-order valence-electron chi connectivity index (χ4n) is 6.76. The summed E-state index contributed by atoms with van der Waals surface area (Å²) in [5, 5.41) is 5.47. The van der Waals surface area contributed by atoms with Gasteiger partial charge >= 0.3 is 5.51 Å². The van der Waals surface area contributed by atoms with Crippen LogP contribution >= 0.6 is 0 Å². The summed E-state index contributed by atoms with van der Waals surface area (Å²) in [5.74, 6) is -2.32. The van der Waals surface area contributed by atoms with Crippen LogP contribution in [0.1, 0.15) is 61.7 Å². The van der Waals surface area contributed by atoms with Gasteiger partial charge in [-0.1, -0.05) is 25.3 Å². The molecule has 3 fully saturated rings. The van der Waals surface area contributed by atoms with E-state index in [1.54, 1.807) is 0 Å². The number of rotatable bonds is 9. The summed E-state index contributed by atoms with van der Waals surface area (Å²) in [6.45, 7) is 0.338. The number of amides is 2. The first kappa shape index (κ1) is 31.1. The van der Waals surface area contributed by atoms with E-state index >= 15 is 0 Å². The number of sulfone groups is 1. The second-order valence-corrected chi connectivity index (χ2v) is 13.6. The number of hydrogen-bond donors (Lipinski definition) is 2. The molecule has 3 aliphatic rings. The fourth-order valence-corrected chi connectivity index (χ4v) is 7.57. The molecule has 2 bridgehead atoms. The molecule has 0 aromatic heterocycles. The van der Waals surface area contributed by atoms with Crippen LogP contribution in [0.5, 0.6) is 11.5 Å². The molecule has 0 aliphatic heterocycles. The summed E-state index contributed by atoms with van der Waals surface area (Å²) >= 11 is 0. The van der Waals surface area contributed by atoms with Crippen molar-refractivity contribution < 1.29 is 45.0 Å². The van der Waals surface area contributed by atoms with Gasteiger partial charge in [-0.15, -0.1) is 0 Å². The molecule has 0 spiro atoms. The third-order valence-corrected chi connectivity index (χ3v) is 10.4. The molecule has 3 saturated carbocycles. The molecule has 5 rings (SSSR count). The lowest BCUT2D eigenvalue weighted by Gasteiger charge is -2.31. The monoisotopic (exact) mass is 626 g/mol. The van der Waals surface area contributed by atoms with E-state index in [4.69, 9.17) is 9.47 Å². The number of carbonyl (C=O) groups excluding carboxylic acids is 2. The Kier molecular flexibility index (Phi) is 8.92. The third kappa shape index (κ3) is 6.46. The second kappa shape index (κ2) is 12.3. The predicted octanol–water partition coefficient (Wildman–Crippen LogP) is 5.87. The number of hydrogen-bond acceptors (Lipinski definition) is 6. The van der Waals surface area contributed by atoms with Gasteiger partial charge < -0.3 is 20.1 Å². The summed E-state index contributed by atoms with van der Waals surface area (Å²) in [7, 11) is -4.29. The van der Waals surface area contributed by atoms with E-state index in [1.165, 1.54) is 25.7 Å². The Bertz CT molecular complexity index is 1480. The number of halogens is 4. The molecule has 13 heteroatoms. The van der Waals surface area contributed by atoms with E-state index in [-0.39, 0.29) is 34.6 Å². The molecule has 2 aromatic carbocycles. The van der Waals surface area contributed by atoms with E-state index in [2.05, 4.69) is 10.6 Å². The molecule has 0 heterocycles. The molecule has 0 radical (unpaired) electrons. The lowest BCUT2D eigenvalue weighted by atomic mass is 9.83. The number of fused-ring (bicyclic) bond motifs is 2. The Balaban J connectivity index is 1.32. The number of nitrogens with one attached hydrogen (secondary N) is 2. The van der Waals surface area contributed by atoms with Gasteiger partial charge in [0.25, 0.3) is 15.7 Å². The summed E-state index contributed by atoms with van der Waals surface area (Å²) < 4.78 is 88.7. The highest BCUT2D eigenvalue weighted by Gasteiger charge is 2.52. The maximum absolute atomic E-state index is 14.8. The van der Waals surface area contributed by atoms with Crippen molar-refractivity contribution in [2.24, 2.45) is 23.7 Å². The van der Waals surface area contributed by atoms with Gasteiger partial charge in [0, 0.05) is 17.8 Å². The van der Waals surface area contributed by atoms with Crippen LogP contribution in [-0.4, -0.2) is 45.5 Å². The van der Waals surface area contributed by atoms with Gasteiger partial charge in [0.2, 0.25) is 5.91 Å². The van der Waals surface area contributed by atoms with Crippen LogP contribution in [-0.2, 0) is 14.6 Å². The molecule has 2 N–H and O–H groups in total. The maximum atomic E-state index is 14.8. The fraction of sp³-hybridized carbons (Fsp3) is 0.533. The van der Waals surface area contributed by atoms with Gasteiger partial charge in [0.05, 0.1) is 30.1 Å². The van der Waals surface area contributed by atoms with Crippen molar-refractivity contribution in [1.29, 1.82) is 0 Å². The zero-order valence-corrected chi connectivity index (χ0v) is 24.4. The second-order valence-electron chi connectivity index (χ2n) is 11.6. The maximum Gasteiger partial charge on any atom is 0.501 e. The standard InChI is InChI=1S/C30H34F4N2O6S/c1-41-24-15-23(31)25(42-16-17-6-3-2-4-7-17)14-22(24)28(37)36-27-19-11-10-18(12-19)26(27)29(38)35-20-8-5-9-21(13-20)43(39,40)30(32,33)34/h5,8-9,13-15,17-19,26-27H,2-4,6-7,10-12,16H2,1H3,(H,35,38)(H,36,37)/t18-,19+,26+,27-/m1/s1. The van der Waals surface area contributed by atoms with E-state index in [9.17, 15) is 35.6 Å². The molecule has 0 saturated heterocycles. The lowest BCUT2D eigenvalue weighted by molar-refractivity contribution is -0.122. The average molecular weight is 627 g/mol. The summed E-state index contributed by atoms with van der Waals surface area (Å²) in [4.78, 5) is 26.0. The summed E-state index contributed by atoms with van der Waals surface area (Å²) in [6, 6.07) is 5.78. The van der Waals surface area contributed by atoms with E-state index in [0.717, 1.165) is 62.8 Å². The quantitative estimate of drug-likeness (QED) is 0.337. The van der Waals surface area contributed by atoms with Gasteiger partial charge in [-0.3, -0.25) is 9.59 Å². The van der Waals surface area contributed by atoms with Gasteiger partial charge in [0.15, 0.2) is 11.6 Å². The zero-order chi connectivity index (χ0) is 30.9. The molecule has 4 atom stereocenters. The van der Waals surface area contributed by atoms with E-state index in [1.807, 2.05) is 0 Å². The van der Waals surface area contributed by atoms with E-state index < -0.39 is 49.8 Å². The van der Waals surface area contributed by atoms with Crippen LogP contribution in [0, 0.1) is 29.5 Å². The average Bonchev–Trinajstić information content (AvgIpc) is 3.58. The Morgan fingerprint density at radius 2 is 1.70 bits per heavy atom. The molecule has 2 amide bonds. The molecule has 0 unspecified atom stereocenters. The van der Waals surface area contributed by atoms with Crippen molar-refractivity contribution >= 4 is 27.3 Å². The normalized spacial score (nSPS) is 24.0. The first-order valence-electron chi connectivity index (χ1n) is 14.4. The topological polar surface area (TPSA) is 111 Å². The third-order valence-electron chi connectivity index (χ3n) is 8.93. The Morgan fingerprint density at radius 1 is 0.977 bits per heavy atom. The summed E-state index contributed by atoms with van der Waals surface area (Å²) in [5.41, 5.74) is -5.55. The Morgan fingerprint density at radius 3 is 2.40 bits per heavy atom. The SMILES string of the molecule is COc1cc(F)c(OCC2CCCCC2)cc1C(=O)N[C@@H]1[C@H]2CC[C@H](C2)[C@@H]1C(=O)Nc1cccc(S(=O)(=O)C(F)(F)F)c1. The van der Waals surface area contributed by atoms with Gasteiger partial charge in [-0.2, -0.15) is 13.2 Å². The number of anilines is 1. The number of methoxy groups -OCH3 is 1. The molecular formula is C30H34F4N2O6S. The molecule has 234 valence electrons. The van der Waals surface area contributed by atoms with Crippen molar-refractivity contribution in [3.8, 4) is 11.5 Å². The van der Waals surface area contributed by atoms with Crippen molar-refractivity contribution in [2.75, 3.05) is 19.0 Å². The van der Waals surface area contributed by atoms with Crippen molar-refractivity contribution in [2.45, 2.75) is 67.8 Å². The van der Waals surface area contributed by atoms with Crippen LogP contribution in [0.2, 0.25) is 0 Å². The van der Waals surface area contributed by atoms with Crippen LogP contribution in [0.3, 0.4) is 0 Å². The molecule has 43 heavy (non-hydrogen) atoms. The van der Waals surface area contributed by atoms with Crippen molar-refractivity contribution in [3.63, 3.8) is 0 Å². The molecule has 2 aromatic rings. The highest BCUT2D eigenvalue weighted by molar-refractivity contribution is 7.92. The van der Waals surface area contributed by atoms with Crippen LogP contribution < -0.4 is 20.1 Å². The highest BCUT2D eigenvalue weighted by atomic mass is 32.2. The Hall–Kier alpha value is -3.35. The number of alkyl halides is 3. The molecular weight excluding hydrogens is 592 g/mol. The molecule has 8 nitrogen and oxygen atoms in total. The van der Waals surface area contributed by atoms with Crippen molar-refractivity contribution in [1.82, 2.24) is 5.32 Å². The number of benzene rings is 2. The first-order chi connectivity index (χ1) is 20.4. The van der Waals surface area contributed by atoms with Crippen LogP contribution in [0.15, 0.2) is 41.3 Å². The summed E-state index contributed by atoms with van der Waals surface area (Å²) in [6.07, 6.45) is 7.55. The predicted molar refractivity (Wildman–Crippen MR) is 149 cm³/mol. The first-order valence-corrected chi connectivity index (χ1v) is 15.9. The van der Waals surface area contributed by atoms with E-state index in [0.29, 0.717) is 18.9 Å². The zero-order valence-electron chi connectivity index (χ0n) is 23.6. The highest BCUT2D eigenvalue weighted by Crippen LogP contribution is 2.49. The minimum Gasteiger partial charge on any atom is -0.496 e. The van der Waals surface area contributed by atoms with Crippen LogP contribution in [0.4, 0.5) is 23.2 Å². The number of carbonyl (C=O) groups is 2. The lowest BCUT2D eigenvalue weighted by Crippen LogP contribution is -2.48.